The van der Waals surface area contributed by atoms with Gasteiger partial charge in [-0.05, 0) is 55.0 Å². The van der Waals surface area contributed by atoms with Crippen LogP contribution in [-0.2, 0) is 14.8 Å². The lowest BCUT2D eigenvalue weighted by Gasteiger charge is -2.21. The maximum Gasteiger partial charge on any atom is 0.340 e. The van der Waals surface area contributed by atoms with E-state index in [1.807, 2.05) is 0 Å². The van der Waals surface area contributed by atoms with E-state index in [1.165, 1.54) is 37.4 Å². The van der Waals surface area contributed by atoms with Gasteiger partial charge in [-0.1, -0.05) is 12.1 Å². The van der Waals surface area contributed by atoms with Crippen LogP contribution in [-0.4, -0.2) is 31.7 Å². The first-order chi connectivity index (χ1) is 13.8. The van der Waals surface area contributed by atoms with Gasteiger partial charge in [-0.25, -0.2) is 4.79 Å². The highest BCUT2D eigenvalue weighted by atomic mass is 32.2. The van der Waals surface area contributed by atoms with Gasteiger partial charge in [0.05, 0.1) is 23.3 Å². The Morgan fingerprint density at radius 3 is 2.24 bits per heavy atom. The topological polar surface area (TPSA) is 106 Å². The Balaban J connectivity index is 1.92. The fourth-order valence-electron chi connectivity index (χ4n) is 2.63. The Kier molecular flexibility index (Phi) is 5.81. The number of nitrogens with zero attached hydrogens (tertiary/aromatic N) is 2. The third kappa shape index (κ3) is 4.20. The predicted molar refractivity (Wildman–Crippen MR) is 105 cm³/mol. The number of pyridine rings is 1. The van der Waals surface area contributed by atoms with E-state index in [0.29, 0.717) is 17.1 Å². The number of ether oxygens (including phenoxy) is 2. The summed E-state index contributed by atoms with van der Waals surface area (Å²) in [5, 5.41) is 10.5. The van der Waals surface area contributed by atoms with Crippen molar-refractivity contribution in [1.29, 1.82) is 0 Å². The van der Waals surface area contributed by atoms with E-state index in [4.69, 9.17) is 4.74 Å². The molecule has 0 unspecified atom stereocenters. The van der Waals surface area contributed by atoms with Crippen LogP contribution in [0.15, 0.2) is 71.9 Å². The van der Waals surface area contributed by atoms with Crippen LogP contribution in [0.5, 0.6) is 11.5 Å². The lowest BCUT2D eigenvalue weighted by atomic mass is 10.1. The van der Waals surface area contributed by atoms with Gasteiger partial charge < -0.3 is 9.47 Å². The second-order valence-corrected chi connectivity index (χ2v) is 7.73. The maximum atomic E-state index is 12.9. The monoisotopic (exact) mass is 414 g/mol. The highest BCUT2D eigenvalue weighted by molar-refractivity contribution is 7.92. The molecule has 3 aromatic rings. The van der Waals surface area contributed by atoms with Crippen molar-refractivity contribution in [2.75, 3.05) is 11.6 Å². The summed E-state index contributed by atoms with van der Waals surface area (Å²) in [6.45, 7) is 1.58. The Morgan fingerprint density at radius 1 is 1.00 bits per heavy atom. The van der Waals surface area contributed by atoms with E-state index in [2.05, 4.69) is 9.72 Å². The Morgan fingerprint density at radius 2 is 1.62 bits per heavy atom. The largest absolute Gasteiger partial charge is 0.465 e. The number of anilines is 1. The molecule has 8 nitrogen and oxygen atoms in total. The molecule has 0 radical (unpaired) electrons. The fourth-order valence-corrected chi connectivity index (χ4v) is 3.79. The normalized spacial score (nSPS) is 11.0. The van der Waals surface area contributed by atoms with E-state index in [9.17, 15) is 18.4 Å². The fraction of sp³-hybridized carbons (Fsp3) is 0.100. The molecule has 150 valence electrons. The molecule has 0 saturated heterocycles. The zero-order valence-electron chi connectivity index (χ0n) is 15.6. The first kappa shape index (κ1) is 20.3. The van der Waals surface area contributed by atoms with E-state index in [0.717, 1.165) is 0 Å². The Bertz CT molecular complexity index is 1120. The summed E-state index contributed by atoms with van der Waals surface area (Å²) in [6, 6.07) is 13.3. The average Bonchev–Trinajstić information content (AvgIpc) is 2.73. The van der Waals surface area contributed by atoms with Crippen LogP contribution in [0.1, 0.15) is 15.9 Å². The quantitative estimate of drug-likeness (QED) is 0.486. The predicted octanol–water partition coefficient (Wildman–Crippen LogP) is 3.55. The molecule has 0 aliphatic carbocycles. The summed E-state index contributed by atoms with van der Waals surface area (Å²) in [5.41, 5.74) is 0.143. The van der Waals surface area contributed by atoms with Crippen molar-refractivity contribution in [3.63, 3.8) is 0 Å². The van der Waals surface area contributed by atoms with Crippen molar-refractivity contribution < 1.29 is 27.9 Å². The van der Waals surface area contributed by atoms with Gasteiger partial charge in [-0.15, -0.1) is 4.47 Å². The molecule has 1 heterocycles. The van der Waals surface area contributed by atoms with Crippen molar-refractivity contribution in [1.82, 2.24) is 4.98 Å². The number of carbonyl (C=O) groups is 1. The van der Waals surface area contributed by atoms with Crippen LogP contribution in [0.25, 0.3) is 0 Å². The van der Waals surface area contributed by atoms with Crippen molar-refractivity contribution in [3.8, 4) is 11.5 Å². The van der Waals surface area contributed by atoms with Gasteiger partial charge >= 0.3 is 5.97 Å². The molecule has 0 aliphatic heterocycles. The minimum atomic E-state index is -4.35. The number of carbonyl (C=O) groups excluding carboxylic acids is 1. The molecule has 1 aromatic heterocycles. The third-order valence-corrected chi connectivity index (χ3v) is 5.57. The highest BCUT2D eigenvalue weighted by Crippen LogP contribution is 2.30. The maximum absolute atomic E-state index is 12.9. The van der Waals surface area contributed by atoms with Gasteiger partial charge in [0.15, 0.2) is 0 Å². The van der Waals surface area contributed by atoms with Gasteiger partial charge in [0.1, 0.15) is 11.5 Å². The molecule has 0 fully saturated rings. The minimum absolute atomic E-state index is 0.0729. The standard InChI is InChI=1S/C20H18N2O6S/c1-14-4-3-5-18(20(23)27-2)19(14)22(24)29(25,26)17-8-6-15(7-9-17)28-16-10-12-21-13-11-16/h3-13,24H,1-2H3. The average molecular weight is 414 g/mol. The molecule has 29 heavy (non-hydrogen) atoms. The molecule has 3 rings (SSSR count). The van der Waals surface area contributed by atoms with E-state index >= 15 is 0 Å². The number of aromatic nitrogens is 1. The zero-order valence-corrected chi connectivity index (χ0v) is 16.5. The van der Waals surface area contributed by atoms with Crippen LogP contribution in [0.3, 0.4) is 0 Å². The Hall–Kier alpha value is -3.43. The molecule has 0 atom stereocenters. The lowest BCUT2D eigenvalue weighted by molar-refractivity contribution is 0.0600. The third-order valence-electron chi connectivity index (χ3n) is 4.07. The highest BCUT2D eigenvalue weighted by Gasteiger charge is 2.29. The smallest absolute Gasteiger partial charge is 0.340 e. The number of sulfonamides is 1. The number of aryl methyl sites for hydroxylation is 1. The van der Waals surface area contributed by atoms with Crippen LogP contribution in [0, 0.1) is 6.92 Å². The van der Waals surface area contributed by atoms with Gasteiger partial charge in [0, 0.05) is 12.4 Å². The first-order valence-corrected chi connectivity index (χ1v) is 9.88. The van der Waals surface area contributed by atoms with Crippen LogP contribution >= 0.6 is 0 Å². The SMILES string of the molecule is COC(=O)c1cccc(C)c1N(O)S(=O)(=O)c1ccc(Oc2ccncc2)cc1. The van der Waals surface area contributed by atoms with Crippen molar-refractivity contribution >= 4 is 21.7 Å². The Labute approximate surface area is 168 Å². The van der Waals surface area contributed by atoms with Crippen molar-refractivity contribution in [2.45, 2.75) is 11.8 Å². The van der Waals surface area contributed by atoms with Crippen LogP contribution in [0.4, 0.5) is 5.69 Å². The van der Waals surface area contributed by atoms with Crippen molar-refractivity contribution in [2.24, 2.45) is 0 Å². The van der Waals surface area contributed by atoms with Gasteiger partial charge in [0.25, 0.3) is 10.0 Å². The van der Waals surface area contributed by atoms with Crippen LogP contribution < -0.4 is 9.21 Å². The molecule has 0 amide bonds. The summed E-state index contributed by atoms with van der Waals surface area (Å²) in [6.07, 6.45) is 3.14. The van der Waals surface area contributed by atoms with E-state index in [1.54, 1.807) is 43.6 Å². The summed E-state index contributed by atoms with van der Waals surface area (Å²) < 4.78 is 36.2. The second kappa shape index (κ2) is 8.29. The van der Waals surface area contributed by atoms with Gasteiger partial charge in [0.2, 0.25) is 0 Å². The minimum Gasteiger partial charge on any atom is -0.465 e. The number of para-hydroxylation sites is 1. The number of methoxy groups -OCH3 is 1. The summed E-state index contributed by atoms with van der Waals surface area (Å²) in [4.78, 5) is 15.7. The summed E-state index contributed by atoms with van der Waals surface area (Å²) in [7, 11) is -3.18. The molecule has 0 saturated carbocycles. The molecule has 1 N–H and O–H groups in total. The number of benzene rings is 2. The zero-order chi connectivity index (χ0) is 21.0. The molecular formula is C20H18N2O6S. The number of esters is 1. The molecule has 0 spiro atoms. The van der Waals surface area contributed by atoms with Crippen LogP contribution in [0.2, 0.25) is 0 Å². The van der Waals surface area contributed by atoms with Crippen molar-refractivity contribution in [3.05, 3.63) is 78.1 Å². The number of hydrogen-bond acceptors (Lipinski definition) is 7. The summed E-state index contributed by atoms with van der Waals surface area (Å²) in [5.74, 6) is 0.187. The molecule has 2 aromatic carbocycles. The van der Waals surface area contributed by atoms with Gasteiger partial charge in [-0.2, -0.15) is 8.42 Å². The second-order valence-electron chi connectivity index (χ2n) is 5.97. The first-order valence-electron chi connectivity index (χ1n) is 8.44. The molecular weight excluding hydrogens is 396 g/mol. The lowest BCUT2D eigenvalue weighted by Crippen LogP contribution is -2.29. The molecule has 9 heteroatoms. The van der Waals surface area contributed by atoms with E-state index in [-0.39, 0.29) is 20.6 Å². The molecule has 0 aliphatic rings. The van der Waals surface area contributed by atoms with Gasteiger partial charge in [-0.3, -0.25) is 10.2 Å². The molecule has 0 bridgehead atoms. The summed E-state index contributed by atoms with van der Waals surface area (Å²) >= 11 is 0. The number of hydrogen-bond donors (Lipinski definition) is 1. The number of rotatable bonds is 6. The van der Waals surface area contributed by atoms with E-state index < -0.39 is 16.0 Å².